The standard InChI is InChI=1S/C8H10BFN/c1-6-3-4-8(11-9-10)7(2)5-6/h3-5,11H,1-2H3. The molecule has 1 rings (SSSR count). The Morgan fingerprint density at radius 3 is 2.64 bits per heavy atom. The molecule has 1 aromatic rings. The van der Waals surface area contributed by atoms with Crippen molar-refractivity contribution in [2.45, 2.75) is 13.8 Å². The number of halogens is 1. The average Bonchev–Trinajstić information content (AvgIpc) is 1.95. The summed E-state index contributed by atoms with van der Waals surface area (Å²) in [5, 5.41) is 2.51. The van der Waals surface area contributed by atoms with E-state index in [1.807, 2.05) is 32.0 Å². The van der Waals surface area contributed by atoms with Gasteiger partial charge >= 0.3 is 7.69 Å². The van der Waals surface area contributed by atoms with Gasteiger partial charge in [-0.15, -0.1) is 0 Å². The normalized spacial score (nSPS) is 9.36. The van der Waals surface area contributed by atoms with Crippen LogP contribution in [-0.4, -0.2) is 7.69 Å². The Balaban J connectivity index is 2.90. The van der Waals surface area contributed by atoms with Crippen molar-refractivity contribution in [3.63, 3.8) is 0 Å². The molecule has 0 atom stereocenters. The summed E-state index contributed by atoms with van der Waals surface area (Å²) < 4.78 is 11.7. The fourth-order valence-electron chi connectivity index (χ4n) is 1.03. The van der Waals surface area contributed by atoms with Gasteiger partial charge in [0, 0.05) is 5.69 Å². The first-order chi connectivity index (χ1) is 5.24. The minimum atomic E-state index is 0.442. The minimum Gasteiger partial charge on any atom is -0.402 e. The van der Waals surface area contributed by atoms with Crippen LogP contribution in [-0.2, 0) is 0 Å². The molecule has 1 radical (unpaired) electrons. The maximum absolute atomic E-state index is 11.7. The van der Waals surface area contributed by atoms with Crippen molar-refractivity contribution in [3.05, 3.63) is 29.3 Å². The quantitative estimate of drug-likeness (QED) is 0.637. The first-order valence-corrected chi connectivity index (χ1v) is 3.49. The van der Waals surface area contributed by atoms with Crippen LogP contribution in [0.25, 0.3) is 0 Å². The molecule has 0 aliphatic rings. The Morgan fingerprint density at radius 2 is 2.09 bits per heavy atom. The van der Waals surface area contributed by atoms with Crippen LogP contribution in [0.1, 0.15) is 11.1 Å². The fraction of sp³-hybridized carbons (Fsp3) is 0.250. The van der Waals surface area contributed by atoms with E-state index in [0.717, 1.165) is 11.3 Å². The lowest BCUT2D eigenvalue weighted by Gasteiger charge is -2.05. The molecule has 0 heterocycles. The van der Waals surface area contributed by atoms with E-state index in [-0.39, 0.29) is 0 Å². The predicted octanol–water partition coefficient (Wildman–Crippen LogP) is 2.22. The van der Waals surface area contributed by atoms with E-state index < -0.39 is 0 Å². The van der Waals surface area contributed by atoms with E-state index in [1.54, 1.807) is 0 Å². The molecule has 0 saturated heterocycles. The van der Waals surface area contributed by atoms with Gasteiger partial charge in [-0.05, 0) is 25.5 Å². The molecule has 0 spiro atoms. The number of hydrogen-bond donors (Lipinski definition) is 1. The van der Waals surface area contributed by atoms with Crippen LogP contribution in [0.15, 0.2) is 18.2 Å². The second kappa shape index (κ2) is 3.42. The van der Waals surface area contributed by atoms with E-state index in [4.69, 9.17) is 0 Å². The lowest BCUT2D eigenvalue weighted by atomic mass is 10.1. The Labute approximate surface area is 66.9 Å². The third kappa shape index (κ3) is 1.97. The summed E-state index contributed by atoms with van der Waals surface area (Å²) in [6.45, 7) is 3.95. The van der Waals surface area contributed by atoms with Crippen molar-refractivity contribution in [3.8, 4) is 0 Å². The van der Waals surface area contributed by atoms with Crippen molar-refractivity contribution >= 4 is 13.4 Å². The van der Waals surface area contributed by atoms with Crippen molar-refractivity contribution in [1.82, 2.24) is 0 Å². The van der Waals surface area contributed by atoms with Crippen molar-refractivity contribution in [2.24, 2.45) is 0 Å². The molecule has 0 saturated carbocycles. The van der Waals surface area contributed by atoms with E-state index in [0.29, 0.717) is 7.69 Å². The Morgan fingerprint density at radius 1 is 1.36 bits per heavy atom. The van der Waals surface area contributed by atoms with Gasteiger partial charge in [-0.1, -0.05) is 17.7 Å². The molecule has 0 amide bonds. The van der Waals surface area contributed by atoms with E-state index in [2.05, 4.69) is 5.23 Å². The topological polar surface area (TPSA) is 12.0 Å². The summed E-state index contributed by atoms with van der Waals surface area (Å²) in [7, 11) is 0.442. The summed E-state index contributed by atoms with van der Waals surface area (Å²) in [6.07, 6.45) is 0. The van der Waals surface area contributed by atoms with E-state index >= 15 is 0 Å². The molecule has 3 heteroatoms. The van der Waals surface area contributed by atoms with Gasteiger partial charge in [-0.25, -0.2) is 0 Å². The number of aryl methyl sites for hydroxylation is 2. The minimum absolute atomic E-state index is 0.442. The summed E-state index contributed by atoms with van der Waals surface area (Å²) in [5.41, 5.74) is 3.06. The SMILES string of the molecule is Cc1ccc(N[B]F)c(C)c1. The monoisotopic (exact) mass is 150 g/mol. The molecule has 1 N–H and O–H groups in total. The van der Waals surface area contributed by atoms with Gasteiger partial charge in [-0.2, -0.15) is 0 Å². The molecular weight excluding hydrogens is 140 g/mol. The second-order valence-electron chi connectivity index (χ2n) is 2.57. The van der Waals surface area contributed by atoms with Gasteiger partial charge in [0.2, 0.25) is 0 Å². The fourth-order valence-corrected chi connectivity index (χ4v) is 1.03. The highest BCUT2D eigenvalue weighted by atomic mass is 19.1. The van der Waals surface area contributed by atoms with Gasteiger partial charge in [0.15, 0.2) is 0 Å². The van der Waals surface area contributed by atoms with Crippen LogP contribution >= 0.6 is 0 Å². The lowest BCUT2D eigenvalue weighted by Crippen LogP contribution is -2.01. The molecule has 0 bridgehead atoms. The maximum atomic E-state index is 11.7. The van der Waals surface area contributed by atoms with Crippen LogP contribution in [0.4, 0.5) is 10.0 Å². The Kier molecular flexibility index (Phi) is 2.52. The molecule has 0 aromatic heterocycles. The van der Waals surface area contributed by atoms with E-state index in [9.17, 15) is 4.32 Å². The largest absolute Gasteiger partial charge is 0.488 e. The van der Waals surface area contributed by atoms with Crippen LogP contribution in [0.2, 0.25) is 0 Å². The molecule has 0 aliphatic carbocycles. The third-order valence-electron chi connectivity index (χ3n) is 1.59. The van der Waals surface area contributed by atoms with Crippen LogP contribution < -0.4 is 5.23 Å². The number of rotatable bonds is 2. The van der Waals surface area contributed by atoms with E-state index in [1.165, 1.54) is 5.56 Å². The Bertz CT molecular complexity index is 250. The highest BCUT2D eigenvalue weighted by molar-refractivity contribution is 6.31. The number of nitrogens with one attached hydrogen (secondary N) is 1. The predicted molar refractivity (Wildman–Crippen MR) is 46.4 cm³/mol. The number of hydrogen-bond acceptors (Lipinski definition) is 1. The second-order valence-corrected chi connectivity index (χ2v) is 2.57. The number of anilines is 1. The number of benzene rings is 1. The zero-order valence-corrected chi connectivity index (χ0v) is 6.69. The van der Waals surface area contributed by atoms with Crippen molar-refractivity contribution in [1.29, 1.82) is 0 Å². The van der Waals surface area contributed by atoms with Crippen molar-refractivity contribution in [2.75, 3.05) is 5.23 Å². The molecule has 1 aromatic carbocycles. The highest BCUT2D eigenvalue weighted by Crippen LogP contribution is 2.14. The summed E-state index contributed by atoms with van der Waals surface area (Å²) in [6, 6.07) is 5.81. The zero-order chi connectivity index (χ0) is 8.27. The van der Waals surface area contributed by atoms with Crippen molar-refractivity contribution < 1.29 is 4.32 Å². The van der Waals surface area contributed by atoms with Gasteiger partial charge in [0.05, 0.1) is 0 Å². The van der Waals surface area contributed by atoms with Gasteiger partial charge in [-0.3, -0.25) is 0 Å². The molecule has 1 nitrogen and oxygen atoms in total. The highest BCUT2D eigenvalue weighted by Gasteiger charge is 1.96. The molecule has 11 heavy (non-hydrogen) atoms. The lowest BCUT2D eigenvalue weighted by molar-refractivity contribution is 0.875. The average molecular weight is 150 g/mol. The third-order valence-corrected chi connectivity index (χ3v) is 1.59. The zero-order valence-electron chi connectivity index (χ0n) is 6.69. The molecule has 0 unspecified atom stereocenters. The van der Waals surface area contributed by atoms with Gasteiger partial charge in [0.25, 0.3) is 0 Å². The Hall–Kier alpha value is -0.985. The first kappa shape index (κ1) is 8.11. The molecule has 0 aliphatic heterocycles. The summed E-state index contributed by atoms with van der Waals surface area (Å²) in [4.78, 5) is 0. The van der Waals surface area contributed by atoms with Crippen LogP contribution in [0.5, 0.6) is 0 Å². The molecule has 57 valence electrons. The smallest absolute Gasteiger partial charge is 0.402 e. The summed E-state index contributed by atoms with van der Waals surface area (Å²) >= 11 is 0. The molecular formula is C8H10BFN. The van der Waals surface area contributed by atoms with Crippen LogP contribution in [0, 0.1) is 13.8 Å². The van der Waals surface area contributed by atoms with Gasteiger partial charge < -0.3 is 9.54 Å². The van der Waals surface area contributed by atoms with Gasteiger partial charge in [0.1, 0.15) is 0 Å². The first-order valence-electron chi connectivity index (χ1n) is 3.49. The molecule has 0 fully saturated rings. The maximum Gasteiger partial charge on any atom is 0.488 e. The van der Waals surface area contributed by atoms with Crippen LogP contribution in [0.3, 0.4) is 0 Å². The summed E-state index contributed by atoms with van der Waals surface area (Å²) in [5.74, 6) is 0.